The third-order valence-electron chi connectivity index (χ3n) is 10.1. The lowest BCUT2D eigenvalue weighted by molar-refractivity contribution is -0.163. The second-order valence-electron chi connectivity index (χ2n) is 15.9. The zero-order chi connectivity index (χ0) is 35.2. The number of Topliss-reactive ketones (excluding diaryl/α,β-unsaturated/α-hetero) is 1. The van der Waals surface area contributed by atoms with Gasteiger partial charge in [-0.15, -0.1) is 0 Å². The minimum Gasteiger partial charge on any atom is -0.399 e. The van der Waals surface area contributed by atoms with E-state index in [0.29, 0.717) is 0 Å². The summed E-state index contributed by atoms with van der Waals surface area (Å²) in [6.45, 7) is 16.8. The van der Waals surface area contributed by atoms with Crippen LogP contribution in [0.15, 0.2) is 121 Å². The van der Waals surface area contributed by atoms with Crippen molar-refractivity contribution in [3.63, 3.8) is 0 Å². The van der Waals surface area contributed by atoms with E-state index in [2.05, 4.69) is 90.1 Å². The molecule has 2 aliphatic rings. The van der Waals surface area contributed by atoms with Crippen molar-refractivity contribution in [3.05, 3.63) is 121 Å². The first-order valence-electron chi connectivity index (χ1n) is 17.3. The molecule has 6 nitrogen and oxygen atoms in total. The van der Waals surface area contributed by atoms with Gasteiger partial charge in [0.15, 0.2) is 11.6 Å². The Morgan fingerprint density at radius 2 is 0.898 bits per heavy atom. The van der Waals surface area contributed by atoms with Crippen LogP contribution in [0.3, 0.4) is 0 Å². The van der Waals surface area contributed by atoms with Gasteiger partial charge in [0.05, 0.1) is 0 Å². The highest BCUT2D eigenvalue weighted by molar-refractivity contribution is 7.00. The third-order valence-corrected chi connectivity index (χ3v) is 20.2. The molecule has 1 saturated carbocycles. The predicted molar refractivity (Wildman–Crippen MR) is 200 cm³/mol. The molecule has 1 saturated heterocycles. The molecule has 0 unspecified atom stereocenters. The summed E-state index contributed by atoms with van der Waals surface area (Å²) in [6.07, 6.45) is -5.18. The molecule has 0 aromatic heterocycles. The average Bonchev–Trinajstić information content (AvgIpc) is 3.40. The molecule has 8 heteroatoms. The van der Waals surface area contributed by atoms with Gasteiger partial charge in [-0.05, 0) is 44.7 Å². The summed E-state index contributed by atoms with van der Waals surface area (Å²) in [6, 6.07) is 40.9. The van der Waals surface area contributed by atoms with Gasteiger partial charge in [-0.25, -0.2) is 0 Å². The highest BCUT2D eigenvalue weighted by Gasteiger charge is 2.64. The van der Waals surface area contributed by atoms with Crippen molar-refractivity contribution in [1.82, 2.24) is 0 Å². The molecule has 6 rings (SSSR count). The summed E-state index contributed by atoms with van der Waals surface area (Å²) in [5.41, 5.74) is 0. The van der Waals surface area contributed by atoms with E-state index in [1.807, 2.05) is 86.6 Å². The minimum atomic E-state index is -3.22. The average molecular weight is 695 g/mol. The molecule has 5 atom stereocenters. The molecule has 1 aliphatic carbocycles. The zero-order valence-corrected chi connectivity index (χ0v) is 31.9. The smallest absolute Gasteiger partial charge is 0.262 e. The Bertz CT molecular complexity index is 1640. The van der Waals surface area contributed by atoms with Crippen LogP contribution in [0.1, 0.15) is 55.4 Å². The lowest BCUT2D eigenvalue weighted by Crippen LogP contribution is -2.74. The van der Waals surface area contributed by atoms with Crippen molar-refractivity contribution in [2.75, 3.05) is 0 Å². The second kappa shape index (κ2) is 13.2. The highest BCUT2D eigenvalue weighted by atomic mass is 28.4. The van der Waals surface area contributed by atoms with E-state index >= 15 is 0 Å². The van der Waals surface area contributed by atoms with Crippen LogP contribution in [0.4, 0.5) is 0 Å². The van der Waals surface area contributed by atoms with E-state index in [4.69, 9.17) is 18.3 Å². The Balaban J connectivity index is 1.50. The Morgan fingerprint density at radius 3 is 1.24 bits per heavy atom. The van der Waals surface area contributed by atoms with Gasteiger partial charge in [0, 0.05) is 0 Å². The number of aliphatic hydroxyl groups excluding tert-OH is 1. The van der Waals surface area contributed by atoms with Crippen molar-refractivity contribution >= 4 is 43.2 Å². The van der Waals surface area contributed by atoms with Crippen molar-refractivity contribution in [2.24, 2.45) is 0 Å². The topological polar surface area (TPSA) is 74.2 Å². The molecule has 1 aliphatic heterocycles. The lowest BCUT2D eigenvalue weighted by atomic mass is 9.86. The molecule has 0 radical (unpaired) electrons. The quantitative estimate of drug-likeness (QED) is 0.251. The largest absolute Gasteiger partial charge is 0.399 e. The maximum atomic E-state index is 14.8. The van der Waals surface area contributed by atoms with Gasteiger partial charge in [0.1, 0.15) is 30.5 Å². The number of fused-ring (bicyclic) bond motifs is 1. The molecule has 0 bridgehead atoms. The van der Waals surface area contributed by atoms with E-state index in [9.17, 15) is 9.90 Å². The van der Waals surface area contributed by atoms with Gasteiger partial charge in [-0.1, -0.05) is 163 Å². The minimum absolute atomic E-state index is 0.384. The Labute approximate surface area is 293 Å². The summed E-state index contributed by atoms with van der Waals surface area (Å²) in [7, 11) is -6.42. The highest BCUT2D eigenvalue weighted by Crippen LogP contribution is 2.46. The van der Waals surface area contributed by atoms with Gasteiger partial charge in [-0.2, -0.15) is 0 Å². The first-order valence-corrected chi connectivity index (χ1v) is 21.1. The molecule has 4 aromatic carbocycles. The van der Waals surface area contributed by atoms with Crippen LogP contribution < -0.4 is 20.7 Å². The van der Waals surface area contributed by atoms with Crippen molar-refractivity contribution in [1.29, 1.82) is 0 Å². The van der Waals surface area contributed by atoms with Gasteiger partial charge >= 0.3 is 0 Å². The molecular weight excluding hydrogens is 645 g/mol. The molecule has 0 amide bonds. The van der Waals surface area contributed by atoms with Gasteiger partial charge in [0.2, 0.25) is 0 Å². The molecule has 4 aromatic rings. The van der Waals surface area contributed by atoms with Crippen LogP contribution in [0.25, 0.3) is 0 Å². The van der Waals surface area contributed by atoms with Crippen LogP contribution in [0.5, 0.6) is 0 Å². The standard InChI is InChI=1S/C41H50O6Si2/c1-39(2,3)48(29-21-13-9-14-22-29,30-23-15-10-16-24-30)46-35-33(42)34(43)36(38-37(35)44-41(7,8)45-38)47-49(40(4,5)6,31-25-17-11-18-26-31)32-27-19-12-20-28-32/h9-28,33,35-38,42H,1-8H3/t33-,35-,36+,37+,38+/m0/s1. The van der Waals surface area contributed by atoms with E-state index < -0.39 is 63.8 Å². The van der Waals surface area contributed by atoms with Gasteiger partial charge in [-0.3, -0.25) is 4.79 Å². The van der Waals surface area contributed by atoms with E-state index in [0.717, 1.165) is 20.7 Å². The lowest BCUT2D eigenvalue weighted by Gasteiger charge is -2.50. The number of carbonyl (C=O) groups excluding carboxylic acids is 1. The fourth-order valence-corrected chi connectivity index (χ4v) is 17.3. The van der Waals surface area contributed by atoms with E-state index in [1.54, 1.807) is 0 Å². The second-order valence-corrected chi connectivity index (χ2v) is 24.4. The summed E-state index contributed by atoms with van der Waals surface area (Å²) in [5.74, 6) is -1.49. The number of ketones is 1. The van der Waals surface area contributed by atoms with Crippen LogP contribution in [-0.4, -0.2) is 63.8 Å². The number of ether oxygens (including phenoxy) is 2. The Morgan fingerprint density at radius 1 is 0.571 bits per heavy atom. The van der Waals surface area contributed by atoms with Crippen molar-refractivity contribution in [2.45, 2.75) is 102 Å². The number of hydrogen-bond acceptors (Lipinski definition) is 6. The first kappa shape index (κ1) is 35.6. The van der Waals surface area contributed by atoms with Crippen molar-refractivity contribution < 1.29 is 28.2 Å². The number of carbonyl (C=O) groups is 1. The molecule has 1 heterocycles. The summed E-state index contributed by atoms with van der Waals surface area (Å²) >= 11 is 0. The van der Waals surface area contributed by atoms with Gasteiger partial charge in [0.25, 0.3) is 16.6 Å². The normalized spacial score (nSPS) is 24.4. The van der Waals surface area contributed by atoms with Crippen LogP contribution in [0.2, 0.25) is 10.1 Å². The van der Waals surface area contributed by atoms with E-state index in [1.165, 1.54) is 0 Å². The summed E-state index contributed by atoms with van der Waals surface area (Å²) in [5, 5.41) is 15.6. The molecule has 49 heavy (non-hydrogen) atoms. The SMILES string of the molecule is CC1(C)O[C@@H]2[C@@H](O[Si](c3ccccc3)(c3ccccc3)C(C)(C)C)[C@@H](O)C(=O)[C@@H](O[Si](c3ccccc3)(c3ccccc3)C(C)(C)C)[C@H]2O1. The number of aliphatic hydroxyl groups is 1. The van der Waals surface area contributed by atoms with Crippen molar-refractivity contribution in [3.8, 4) is 0 Å². The van der Waals surface area contributed by atoms with Crippen LogP contribution >= 0.6 is 0 Å². The maximum absolute atomic E-state index is 14.8. The molecule has 0 spiro atoms. The summed E-state index contributed by atoms with van der Waals surface area (Å²) in [4.78, 5) is 14.8. The molecule has 1 N–H and O–H groups in total. The molecule has 2 fully saturated rings. The number of benzene rings is 4. The first-order chi connectivity index (χ1) is 23.1. The summed E-state index contributed by atoms with van der Waals surface area (Å²) < 4.78 is 28.1. The Kier molecular flexibility index (Phi) is 9.56. The van der Waals surface area contributed by atoms with Crippen LogP contribution in [-0.2, 0) is 23.1 Å². The van der Waals surface area contributed by atoms with E-state index in [-0.39, 0.29) is 5.04 Å². The molecular formula is C41H50O6Si2. The Hall–Kier alpha value is -3.22. The van der Waals surface area contributed by atoms with Crippen LogP contribution in [0, 0.1) is 0 Å². The monoisotopic (exact) mass is 694 g/mol. The number of hydrogen-bond donors (Lipinski definition) is 1. The van der Waals surface area contributed by atoms with Gasteiger partial charge < -0.3 is 23.4 Å². The maximum Gasteiger partial charge on any atom is 0.262 e. The fourth-order valence-electron chi connectivity index (χ4n) is 8.01. The third kappa shape index (κ3) is 6.22. The number of rotatable bonds is 8. The fraction of sp³-hybridized carbons (Fsp3) is 0.390. The zero-order valence-electron chi connectivity index (χ0n) is 29.9. The predicted octanol–water partition coefficient (Wildman–Crippen LogP) is 5.34. The molecule has 258 valence electrons.